The maximum atomic E-state index is 12.6. The van der Waals surface area contributed by atoms with Crippen molar-refractivity contribution in [2.45, 2.75) is 64.3 Å². The van der Waals surface area contributed by atoms with Crippen molar-refractivity contribution in [2.75, 3.05) is 0 Å². The summed E-state index contributed by atoms with van der Waals surface area (Å²) in [4.78, 5) is 23.6. The number of nitrogens with one attached hydrogen (secondary N) is 1. The number of carbonyl (C=O) groups is 2. The monoisotopic (exact) mass is 329 g/mol. The van der Waals surface area contributed by atoms with Crippen LogP contribution in [0.25, 0.3) is 0 Å². The highest BCUT2D eigenvalue weighted by Gasteiger charge is 2.32. The molecule has 0 bridgehead atoms. The van der Waals surface area contributed by atoms with Gasteiger partial charge in [-0.2, -0.15) is 0 Å². The van der Waals surface area contributed by atoms with Crippen LogP contribution in [0.2, 0.25) is 0 Å². The molecule has 0 spiro atoms. The summed E-state index contributed by atoms with van der Waals surface area (Å²) in [7, 11) is 0. The Morgan fingerprint density at radius 1 is 1.08 bits per heavy atom. The number of rotatable bonds is 4. The zero-order valence-electron chi connectivity index (χ0n) is 14.5. The first-order valence-electron chi connectivity index (χ1n) is 9.11. The third kappa shape index (κ3) is 3.47. The lowest BCUT2D eigenvalue weighted by atomic mass is 9.81. The van der Waals surface area contributed by atoms with E-state index in [1.54, 1.807) is 0 Å². The van der Waals surface area contributed by atoms with E-state index in [-0.39, 0.29) is 23.8 Å². The number of amides is 1. The summed E-state index contributed by atoms with van der Waals surface area (Å²) in [5.41, 5.74) is 3.94. The lowest BCUT2D eigenvalue weighted by molar-refractivity contribution is -0.144. The van der Waals surface area contributed by atoms with E-state index < -0.39 is 5.97 Å². The number of carboxylic acid groups (broad SMARTS) is 1. The van der Waals surface area contributed by atoms with Crippen molar-refractivity contribution in [1.82, 2.24) is 5.32 Å². The molecule has 2 N–H and O–H groups in total. The predicted octanol–water partition coefficient (Wildman–Crippen LogP) is 3.80. The molecule has 0 radical (unpaired) electrons. The van der Waals surface area contributed by atoms with Gasteiger partial charge in [-0.3, -0.25) is 9.59 Å². The van der Waals surface area contributed by atoms with Crippen molar-refractivity contribution in [3.8, 4) is 0 Å². The molecular formula is C20H27NO3. The summed E-state index contributed by atoms with van der Waals surface area (Å²) in [6.45, 7) is 4.37. The minimum absolute atomic E-state index is 0.0297. The summed E-state index contributed by atoms with van der Waals surface area (Å²) < 4.78 is 0. The Kier molecular flexibility index (Phi) is 4.93. The molecule has 24 heavy (non-hydrogen) atoms. The summed E-state index contributed by atoms with van der Waals surface area (Å²) in [6, 6.07) is 6.76. The van der Waals surface area contributed by atoms with Gasteiger partial charge in [0.25, 0.3) is 0 Å². The number of benzene rings is 1. The number of hydrogen-bond donors (Lipinski definition) is 2. The Morgan fingerprint density at radius 3 is 2.38 bits per heavy atom. The van der Waals surface area contributed by atoms with E-state index >= 15 is 0 Å². The molecule has 1 unspecified atom stereocenters. The molecule has 2 aliphatic carbocycles. The number of fused-ring (bicyclic) bond motifs is 1. The predicted molar refractivity (Wildman–Crippen MR) is 92.8 cm³/mol. The Hall–Kier alpha value is -1.84. The molecule has 0 heterocycles. The van der Waals surface area contributed by atoms with Gasteiger partial charge in [-0.1, -0.05) is 32.0 Å². The quantitative estimate of drug-likeness (QED) is 0.883. The first-order valence-corrected chi connectivity index (χ1v) is 9.11. The molecule has 0 aliphatic heterocycles. The van der Waals surface area contributed by atoms with E-state index in [1.807, 2.05) is 0 Å². The standard InChI is InChI=1S/C20H27NO3/c1-12(2)16-8-3-13-9-10-18(17(13)11-16)21-19(22)14-4-6-15(7-5-14)20(23)24/h3,8,11-12,14-15,18H,4-7,9-10H2,1-2H3,(H,21,22)(H,23,24). The third-order valence-electron chi connectivity index (χ3n) is 5.68. The van der Waals surface area contributed by atoms with Crippen LogP contribution in [0.1, 0.15) is 74.6 Å². The molecule has 4 nitrogen and oxygen atoms in total. The van der Waals surface area contributed by atoms with Gasteiger partial charge in [0, 0.05) is 5.92 Å². The lowest BCUT2D eigenvalue weighted by Crippen LogP contribution is -2.36. The minimum atomic E-state index is -0.722. The Labute approximate surface area is 143 Å². The minimum Gasteiger partial charge on any atom is -0.481 e. The van der Waals surface area contributed by atoms with Crippen molar-refractivity contribution in [1.29, 1.82) is 0 Å². The average Bonchev–Trinajstić information content (AvgIpc) is 2.97. The topological polar surface area (TPSA) is 66.4 Å². The van der Waals surface area contributed by atoms with Gasteiger partial charge in [-0.05, 0) is 61.1 Å². The number of hydrogen-bond acceptors (Lipinski definition) is 2. The first-order chi connectivity index (χ1) is 11.5. The molecule has 130 valence electrons. The second kappa shape index (κ2) is 6.96. The average molecular weight is 329 g/mol. The third-order valence-corrected chi connectivity index (χ3v) is 5.68. The fraction of sp³-hybridized carbons (Fsp3) is 0.600. The van der Waals surface area contributed by atoms with Gasteiger partial charge in [-0.25, -0.2) is 0 Å². The molecule has 3 rings (SSSR count). The van der Waals surface area contributed by atoms with E-state index in [1.165, 1.54) is 16.7 Å². The number of aliphatic carboxylic acids is 1. The lowest BCUT2D eigenvalue weighted by Gasteiger charge is -2.27. The summed E-state index contributed by atoms with van der Waals surface area (Å²) in [5.74, 6) is -0.433. The maximum absolute atomic E-state index is 12.6. The zero-order valence-corrected chi connectivity index (χ0v) is 14.5. The normalized spacial score (nSPS) is 26.2. The summed E-state index contributed by atoms with van der Waals surface area (Å²) in [5, 5.41) is 12.3. The van der Waals surface area contributed by atoms with Gasteiger partial charge in [-0.15, -0.1) is 0 Å². The molecule has 0 aromatic heterocycles. The fourth-order valence-electron chi connectivity index (χ4n) is 4.02. The van der Waals surface area contributed by atoms with E-state index in [9.17, 15) is 9.59 Å². The number of carboxylic acids is 1. The summed E-state index contributed by atoms with van der Waals surface area (Å²) >= 11 is 0. The van der Waals surface area contributed by atoms with E-state index in [4.69, 9.17) is 5.11 Å². The smallest absolute Gasteiger partial charge is 0.306 e. The van der Waals surface area contributed by atoms with E-state index in [0.29, 0.717) is 31.6 Å². The number of aryl methyl sites for hydroxylation is 1. The second-order valence-electron chi connectivity index (χ2n) is 7.60. The molecule has 1 fully saturated rings. The van der Waals surface area contributed by atoms with Crippen LogP contribution < -0.4 is 5.32 Å². The van der Waals surface area contributed by atoms with Crippen LogP contribution in [0.4, 0.5) is 0 Å². The van der Waals surface area contributed by atoms with Crippen LogP contribution in [-0.4, -0.2) is 17.0 Å². The molecule has 2 aliphatic rings. The van der Waals surface area contributed by atoms with Crippen LogP contribution in [-0.2, 0) is 16.0 Å². The Morgan fingerprint density at radius 2 is 1.75 bits per heavy atom. The highest BCUT2D eigenvalue weighted by Crippen LogP contribution is 2.35. The van der Waals surface area contributed by atoms with E-state index in [2.05, 4.69) is 37.4 Å². The van der Waals surface area contributed by atoms with Crippen LogP contribution in [0.15, 0.2) is 18.2 Å². The van der Waals surface area contributed by atoms with Gasteiger partial charge in [0.15, 0.2) is 0 Å². The molecule has 0 saturated heterocycles. The van der Waals surface area contributed by atoms with Crippen molar-refractivity contribution < 1.29 is 14.7 Å². The van der Waals surface area contributed by atoms with Crippen LogP contribution >= 0.6 is 0 Å². The largest absolute Gasteiger partial charge is 0.481 e. The molecule has 1 aromatic carbocycles. The molecule has 4 heteroatoms. The molecule has 1 amide bonds. The van der Waals surface area contributed by atoms with Gasteiger partial charge in [0.05, 0.1) is 12.0 Å². The molecule has 1 aromatic rings. The maximum Gasteiger partial charge on any atom is 0.306 e. The number of carbonyl (C=O) groups excluding carboxylic acids is 1. The Bertz CT molecular complexity index is 630. The van der Waals surface area contributed by atoms with Gasteiger partial charge in [0.1, 0.15) is 0 Å². The fourth-order valence-corrected chi connectivity index (χ4v) is 4.02. The van der Waals surface area contributed by atoms with Crippen LogP contribution in [0, 0.1) is 11.8 Å². The van der Waals surface area contributed by atoms with Crippen molar-refractivity contribution in [2.24, 2.45) is 11.8 Å². The van der Waals surface area contributed by atoms with Crippen LogP contribution in [0.5, 0.6) is 0 Å². The zero-order chi connectivity index (χ0) is 17.3. The van der Waals surface area contributed by atoms with E-state index in [0.717, 1.165) is 12.8 Å². The van der Waals surface area contributed by atoms with Gasteiger partial charge in [0.2, 0.25) is 5.91 Å². The van der Waals surface area contributed by atoms with Crippen molar-refractivity contribution >= 4 is 11.9 Å². The molecule has 1 atom stereocenters. The van der Waals surface area contributed by atoms with Crippen molar-refractivity contribution in [3.63, 3.8) is 0 Å². The Balaban J connectivity index is 1.63. The second-order valence-corrected chi connectivity index (χ2v) is 7.60. The SMILES string of the molecule is CC(C)c1ccc2c(c1)C(NC(=O)C1CCC(C(=O)O)CC1)CC2. The summed E-state index contributed by atoms with van der Waals surface area (Å²) in [6.07, 6.45) is 4.60. The van der Waals surface area contributed by atoms with Gasteiger partial charge < -0.3 is 10.4 Å². The van der Waals surface area contributed by atoms with Crippen LogP contribution in [0.3, 0.4) is 0 Å². The van der Waals surface area contributed by atoms with Crippen molar-refractivity contribution in [3.05, 3.63) is 34.9 Å². The molecular weight excluding hydrogens is 302 g/mol. The highest BCUT2D eigenvalue weighted by molar-refractivity contribution is 5.80. The molecule has 1 saturated carbocycles. The first kappa shape index (κ1) is 17.0. The highest BCUT2D eigenvalue weighted by atomic mass is 16.4. The van der Waals surface area contributed by atoms with Gasteiger partial charge >= 0.3 is 5.97 Å².